The number of carbonyl (C=O) groups excluding carboxylic acids is 2. The van der Waals surface area contributed by atoms with Gasteiger partial charge in [-0.15, -0.1) is 0 Å². The minimum absolute atomic E-state index is 0.178. The van der Waals surface area contributed by atoms with Crippen LogP contribution < -0.4 is 10.6 Å². The van der Waals surface area contributed by atoms with Crippen LogP contribution >= 0.6 is 0 Å². The van der Waals surface area contributed by atoms with Crippen LogP contribution in [0.4, 0.5) is 10.1 Å². The van der Waals surface area contributed by atoms with Crippen LogP contribution in [0.2, 0.25) is 0 Å². The predicted octanol–water partition coefficient (Wildman–Crippen LogP) is 3.12. The van der Waals surface area contributed by atoms with E-state index < -0.39 is 11.7 Å². The Kier molecular flexibility index (Phi) is 5.11. The molecular formula is C18H19FN2O2. The highest BCUT2D eigenvalue weighted by atomic mass is 19.1. The summed E-state index contributed by atoms with van der Waals surface area (Å²) in [5.74, 6) is -1.31. The van der Waals surface area contributed by atoms with Crippen molar-refractivity contribution in [2.45, 2.75) is 20.8 Å². The Morgan fingerprint density at radius 2 is 1.70 bits per heavy atom. The second-order valence-corrected chi connectivity index (χ2v) is 5.51. The van der Waals surface area contributed by atoms with E-state index in [1.54, 1.807) is 0 Å². The van der Waals surface area contributed by atoms with E-state index in [1.165, 1.54) is 18.2 Å². The molecule has 4 nitrogen and oxygen atoms in total. The Morgan fingerprint density at radius 3 is 2.30 bits per heavy atom. The van der Waals surface area contributed by atoms with Crippen LogP contribution in [-0.4, -0.2) is 18.4 Å². The van der Waals surface area contributed by atoms with Crippen molar-refractivity contribution >= 4 is 17.5 Å². The molecule has 0 bridgehead atoms. The Morgan fingerprint density at radius 1 is 1.04 bits per heavy atom. The molecule has 0 radical (unpaired) electrons. The van der Waals surface area contributed by atoms with Crippen molar-refractivity contribution in [3.63, 3.8) is 0 Å². The van der Waals surface area contributed by atoms with Crippen LogP contribution in [0.25, 0.3) is 0 Å². The number of nitrogens with one attached hydrogen (secondary N) is 2. The Labute approximate surface area is 134 Å². The summed E-state index contributed by atoms with van der Waals surface area (Å²) in [4.78, 5) is 23.9. The quantitative estimate of drug-likeness (QED) is 0.911. The Hall–Kier alpha value is -2.69. The van der Waals surface area contributed by atoms with Crippen LogP contribution in [0.15, 0.2) is 36.4 Å². The van der Waals surface area contributed by atoms with Gasteiger partial charge in [-0.05, 0) is 50.1 Å². The van der Waals surface area contributed by atoms with Crippen LogP contribution in [-0.2, 0) is 4.79 Å². The molecule has 0 atom stereocenters. The third-order valence-corrected chi connectivity index (χ3v) is 3.44. The molecule has 0 aliphatic heterocycles. The molecule has 0 unspecified atom stereocenters. The highest BCUT2D eigenvalue weighted by Crippen LogP contribution is 2.21. The number of aryl methyl sites for hydroxylation is 3. The summed E-state index contributed by atoms with van der Waals surface area (Å²) in [7, 11) is 0. The van der Waals surface area contributed by atoms with Gasteiger partial charge in [0.1, 0.15) is 5.82 Å². The van der Waals surface area contributed by atoms with Crippen molar-refractivity contribution in [1.29, 1.82) is 0 Å². The smallest absolute Gasteiger partial charge is 0.251 e. The number of benzene rings is 2. The maximum Gasteiger partial charge on any atom is 0.251 e. The fourth-order valence-corrected chi connectivity index (χ4v) is 2.45. The fraction of sp³-hybridized carbons (Fsp3) is 0.222. The highest BCUT2D eigenvalue weighted by molar-refractivity contribution is 5.99. The summed E-state index contributed by atoms with van der Waals surface area (Å²) >= 11 is 0. The van der Waals surface area contributed by atoms with Gasteiger partial charge in [-0.1, -0.05) is 23.8 Å². The lowest BCUT2D eigenvalue weighted by Crippen LogP contribution is -2.33. The summed E-state index contributed by atoms with van der Waals surface area (Å²) in [6.07, 6.45) is 0. The molecule has 2 aromatic carbocycles. The summed E-state index contributed by atoms with van der Waals surface area (Å²) in [5, 5.41) is 5.28. The van der Waals surface area contributed by atoms with E-state index in [0.29, 0.717) is 0 Å². The average molecular weight is 314 g/mol. The van der Waals surface area contributed by atoms with Crippen molar-refractivity contribution in [2.75, 3.05) is 11.9 Å². The molecule has 0 aliphatic rings. The van der Waals surface area contributed by atoms with Gasteiger partial charge in [0.2, 0.25) is 5.91 Å². The number of hydrogen-bond donors (Lipinski definition) is 2. The minimum atomic E-state index is -0.493. The van der Waals surface area contributed by atoms with Gasteiger partial charge in [-0.3, -0.25) is 9.59 Å². The number of anilines is 1. The normalized spacial score (nSPS) is 10.3. The zero-order valence-electron chi connectivity index (χ0n) is 13.4. The lowest BCUT2D eigenvalue weighted by Gasteiger charge is -2.13. The fourth-order valence-electron chi connectivity index (χ4n) is 2.45. The van der Waals surface area contributed by atoms with Crippen molar-refractivity contribution in [3.8, 4) is 0 Å². The van der Waals surface area contributed by atoms with Crippen LogP contribution in [0.3, 0.4) is 0 Å². The van der Waals surface area contributed by atoms with Gasteiger partial charge in [-0.25, -0.2) is 4.39 Å². The summed E-state index contributed by atoms with van der Waals surface area (Å²) in [6, 6.07) is 9.28. The number of rotatable bonds is 4. The predicted molar refractivity (Wildman–Crippen MR) is 88.0 cm³/mol. The summed E-state index contributed by atoms with van der Waals surface area (Å²) < 4.78 is 13.1. The van der Waals surface area contributed by atoms with Gasteiger partial charge in [-0.2, -0.15) is 0 Å². The van der Waals surface area contributed by atoms with Crippen molar-refractivity contribution in [2.24, 2.45) is 0 Å². The van der Waals surface area contributed by atoms with Crippen molar-refractivity contribution in [3.05, 3.63) is 64.5 Å². The second kappa shape index (κ2) is 7.05. The first-order valence-electron chi connectivity index (χ1n) is 7.28. The number of halogens is 1. The Balaban J connectivity index is 1.97. The standard InChI is InChI=1S/C18H19FN2O2/c1-11-7-12(2)17(13(3)8-11)21-16(22)10-20-18(23)14-5-4-6-15(19)9-14/h4-9H,10H2,1-3H3,(H,20,23)(H,21,22). The first-order chi connectivity index (χ1) is 10.9. The zero-order chi connectivity index (χ0) is 17.0. The number of carbonyl (C=O) groups is 2. The zero-order valence-corrected chi connectivity index (χ0v) is 13.4. The van der Waals surface area contributed by atoms with E-state index in [4.69, 9.17) is 0 Å². The molecule has 0 fully saturated rings. The molecule has 23 heavy (non-hydrogen) atoms. The Bertz CT molecular complexity index is 733. The molecule has 2 N–H and O–H groups in total. The van der Waals surface area contributed by atoms with E-state index in [9.17, 15) is 14.0 Å². The van der Waals surface area contributed by atoms with E-state index in [-0.39, 0.29) is 18.0 Å². The monoisotopic (exact) mass is 314 g/mol. The van der Waals surface area contributed by atoms with E-state index >= 15 is 0 Å². The topological polar surface area (TPSA) is 58.2 Å². The molecule has 0 saturated carbocycles. The van der Waals surface area contributed by atoms with Crippen LogP contribution in [0.1, 0.15) is 27.0 Å². The molecule has 0 saturated heterocycles. The number of amides is 2. The van der Waals surface area contributed by atoms with Crippen LogP contribution in [0.5, 0.6) is 0 Å². The molecular weight excluding hydrogens is 295 g/mol. The molecule has 2 amide bonds. The third kappa shape index (κ3) is 4.39. The van der Waals surface area contributed by atoms with Crippen LogP contribution in [0, 0.1) is 26.6 Å². The maximum atomic E-state index is 13.1. The lowest BCUT2D eigenvalue weighted by atomic mass is 10.1. The highest BCUT2D eigenvalue weighted by Gasteiger charge is 2.11. The second-order valence-electron chi connectivity index (χ2n) is 5.51. The third-order valence-electron chi connectivity index (χ3n) is 3.44. The number of hydrogen-bond acceptors (Lipinski definition) is 2. The largest absolute Gasteiger partial charge is 0.343 e. The lowest BCUT2D eigenvalue weighted by molar-refractivity contribution is -0.115. The van der Waals surface area contributed by atoms with Crippen molar-refractivity contribution < 1.29 is 14.0 Å². The molecule has 2 rings (SSSR count). The molecule has 0 aliphatic carbocycles. The summed E-state index contributed by atoms with van der Waals surface area (Å²) in [5.41, 5.74) is 3.98. The SMILES string of the molecule is Cc1cc(C)c(NC(=O)CNC(=O)c2cccc(F)c2)c(C)c1. The first kappa shape index (κ1) is 16.7. The molecule has 0 spiro atoms. The van der Waals surface area contributed by atoms with Gasteiger partial charge in [0.25, 0.3) is 5.91 Å². The van der Waals surface area contributed by atoms with Gasteiger partial charge in [0.15, 0.2) is 0 Å². The molecule has 0 heterocycles. The van der Waals surface area contributed by atoms with E-state index in [1.807, 2.05) is 32.9 Å². The van der Waals surface area contributed by atoms with Gasteiger partial charge in [0, 0.05) is 11.3 Å². The van der Waals surface area contributed by atoms with E-state index in [0.717, 1.165) is 28.4 Å². The molecule has 2 aromatic rings. The van der Waals surface area contributed by atoms with Gasteiger partial charge >= 0.3 is 0 Å². The molecule has 120 valence electrons. The molecule has 5 heteroatoms. The first-order valence-corrected chi connectivity index (χ1v) is 7.28. The van der Waals surface area contributed by atoms with Gasteiger partial charge < -0.3 is 10.6 Å². The van der Waals surface area contributed by atoms with Gasteiger partial charge in [0.05, 0.1) is 6.54 Å². The summed E-state index contributed by atoms with van der Waals surface area (Å²) in [6.45, 7) is 5.65. The van der Waals surface area contributed by atoms with E-state index in [2.05, 4.69) is 10.6 Å². The molecule has 0 aromatic heterocycles. The average Bonchev–Trinajstić information content (AvgIpc) is 2.48. The minimum Gasteiger partial charge on any atom is -0.343 e. The van der Waals surface area contributed by atoms with Crippen molar-refractivity contribution in [1.82, 2.24) is 5.32 Å². The maximum absolute atomic E-state index is 13.1.